The summed E-state index contributed by atoms with van der Waals surface area (Å²) < 4.78 is 5.67. The van der Waals surface area contributed by atoms with E-state index >= 15 is 0 Å². The molecule has 1 saturated heterocycles. The average Bonchev–Trinajstić information content (AvgIpc) is 2.73. The van der Waals surface area contributed by atoms with Crippen LogP contribution in [-0.2, 0) is 0 Å². The van der Waals surface area contributed by atoms with E-state index in [4.69, 9.17) is 9.84 Å². The van der Waals surface area contributed by atoms with E-state index in [1.165, 1.54) is 25.7 Å². The highest BCUT2D eigenvalue weighted by Crippen LogP contribution is 2.21. The van der Waals surface area contributed by atoms with E-state index in [2.05, 4.69) is 11.8 Å². The van der Waals surface area contributed by atoms with Crippen LogP contribution >= 0.6 is 0 Å². The summed E-state index contributed by atoms with van der Waals surface area (Å²) in [6, 6.07) is 6.82. The third-order valence-electron chi connectivity index (χ3n) is 4.30. The molecular formula is C17H25NO3. The summed E-state index contributed by atoms with van der Waals surface area (Å²) in [5.74, 6) is 0.390. The van der Waals surface area contributed by atoms with Gasteiger partial charge in [0, 0.05) is 6.54 Å². The Morgan fingerprint density at radius 2 is 2.14 bits per heavy atom. The summed E-state index contributed by atoms with van der Waals surface area (Å²) in [4.78, 5) is 13.5. The Morgan fingerprint density at radius 1 is 1.33 bits per heavy atom. The quantitative estimate of drug-likeness (QED) is 0.874. The van der Waals surface area contributed by atoms with E-state index in [0.717, 1.165) is 25.6 Å². The van der Waals surface area contributed by atoms with Crippen molar-refractivity contribution in [3.05, 3.63) is 29.8 Å². The lowest BCUT2D eigenvalue weighted by atomic mass is 9.98. The third kappa shape index (κ3) is 4.74. The maximum Gasteiger partial charge on any atom is 0.339 e. The number of para-hydroxylation sites is 1. The lowest BCUT2D eigenvalue weighted by Gasteiger charge is -2.20. The van der Waals surface area contributed by atoms with Crippen LogP contribution in [0, 0.1) is 5.92 Å². The average molecular weight is 291 g/mol. The first-order valence-corrected chi connectivity index (χ1v) is 7.88. The molecule has 4 heteroatoms. The molecule has 1 aromatic carbocycles. The van der Waals surface area contributed by atoms with Crippen LogP contribution in [0.25, 0.3) is 0 Å². The molecule has 4 nitrogen and oxygen atoms in total. The molecule has 1 atom stereocenters. The van der Waals surface area contributed by atoms with E-state index in [9.17, 15) is 4.79 Å². The Morgan fingerprint density at radius 3 is 2.90 bits per heavy atom. The van der Waals surface area contributed by atoms with E-state index in [0.29, 0.717) is 12.4 Å². The fraction of sp³-hybridized carbons (Fsp3) is 0.588. The van der Waals surface area contributed by atoms with Gasteiger partial charge in [-0.15, -0.1) is 0 Å². The molecule has 1 N–H and O–H groups in total. The van der Waals surface area contributed by atoms with Gasteiger partial charge in [0.05, 0.1) is 0 Å². The number of aromatic carboxylic acids is 1. The molecule has 0 amide bonds. The SMILES string of the molecule is CCC1CCCN(CCOc2ccccc2C(=O)O)CC1. The van der Waals surface area contributed by atoms with Crippen molar-refractivity contribution in [3.8, 4) is 5.75 Å². The number of likely N-dealkylation sites (tertiary alicyclic amines) is 1. The van der Waals surface area contributed by atoms with Crippen LogP contribution in [-0.4, -0.2) is 42.2 Å². The molecule has 0 aromatic heterocycles. The summed E-state index contributed by atoms with van der Waals surface area (Å²) in [5, 5.41) is 9.12. The molecule has 0 radical (unpaired) electrons. The molecule has 1 heterocycles. The molecule has 1 aliphatic heterocycles. The predicted molar refractivity (Wildman–Crippen MR) is 83.0 cm³/mol. The number of ether oxygens (including phenoxy) is 1. The number of rotatable bonds is 6. The molecule has 0 saturated carbocycles. The fourth-order valence-corrected chi connectivity index (χ4v) is 2.91. The second kappa shape index (κ2) is 8.03. The number of nitrogens with zero attached hydrogens (tertiary/aromatic N) is 1. The minimum absolute atomic E-state index is 0.236. The summed E-state index contributed by atoms with van der Waals surface area (Å²) in [6.45, 7) is 5.93. The van der Waals surface area contributed by atoms with Gasteiger partial charge in [0.15, 0.2) is 0 Å². The summed E-state index contributed by atoms with van der Waals surface area (Å²) >= 11 is 0. The van der Waals surface area contributed by atoms with Crippen LogP contribution in [0.5, 0.6) is 5.75 Å². The van der Waals surface area contributed by atoms with Crippen LogP contribution in [0.2, 0.25) is 0 Å². The Balaban J connectivity index is 1.80. The van der Waals surface area contributed by atoms with Crippen molar-refractivity contribution >= 4 is 5.97 Å². The van der Waals surface area contributed by atoms with Gasteiger partial charge in [-0.05, 0) is 50.4 Å². The Hall–Kier alpha value is -1.55. The molecule has 0 aliphatic carbocycles. The van der Waals surface area contributed by atoms with Gasteiger partial charge in [0.2, 0.25) is 0 Å². The van der Waals surface area contributed by atoms with Crippen molar-refractivity contribution in [1.29, 1.82) is 0 Å². The van der Waals surface area contributed by atoms with E-state index in [1.807, 2.05) is 0 Å². The molecule has 1 aromatic rings. The zero-order chi connectivity index (χ0) is 15.1. The first kappa shape index (κ1) is 15.8. The minimum Gasteiger partial charge on any atom is -0.491 e. The van der Waals surface area contributed by atoms with Crippen molar-refractivity contribution in [2.24, 2.45) is 5.92 Å². The van der Waals surface area contributed by atoms with Crippen LogP contribution in [0.1, 0.15) is 43.0 Å². The summed E-state index contributed by atoms with van der Waals surface area (Å²) in [7, 11) is 0. The Bertz CT molecular complexity index is 461. The number of carboxylic acid groups (broad SMARTS) is 1. The van der Waals surface area contributed by atoms with Crippen LogP contribution in [0.15, 0.2) is 24.3 Å². The normalized spacial score (nSPS) is 20.0. The fourth-order valence-electron chi connectivity index (χ4n) is 2.91. The smallest absolute Gasteiger partial charge is 0.339 e. The molecule has 2 rings (SSSR count). The summed E-state index contributed by atoms with van der Waals surface area (Å²) in [5.41, 5.74) is 0.236. The number of hydrogen-bond donors (Lipinski definition) is 1. The lowest BCUT2D eigenvalue weighted by molar-refractivity contribution is 0.0691. The molecule has 116 valence electrons. The molecule has 1 unspecified atom stereocenters. The third-order valence-corrected chi connectivity index (χ3v) is 4.30. The number of hydrogen-bond acceptors (Lipinski definition) is 3. The lowest BCUT2D eigenvalue weighted by Crippen LogP contribution is -2.29. The Labute approximate surface area is 126 Å². The predicted octanol–water partition coefficient (Wildman–Crippen LogP) is 3.28. The number of carbonyl (C=O) groups is 1. The maximum atomic E-state index is 11.1. The second-order valence-electron chi connectivity index (χ2n) is 5.70. The highest BCUT2D eigenvalue weighted by molar-refractivity contribution is 5.90. The molecular weight excluding hydrogens is 266 g/mol. The number of benzene rings is 1. The van der Waals surface area contributed by atoms with E-state index < -0.39 is 5.97 Å². The molecule has 0 bridgehead atoms. The van der Waals surface area contributed by atoms with E-state index in [1.54, 1.807) is 24.3 Å². The van der Waals surface area contributed by atoms with Crippen LogP contribution in [0.4, 0.5) is 0 Å². The van der Waals surface area contributed by atoms with Gasteiger partial charge < -0.3 is 9.84 Å². The van der Waals surface area contributed by atoms with Crippen molar-refractivity contribution in [2.45, 2.75) is 32.6 Å². The topological polar surface area (TPSA) is 49.8 Å². The number of carboxylic acids is 1. The van der Waals surface area contributed by atoms with Crippen molar-refractivity contribution in [2.75, 3.05) is 26.2 Å². The van der Waals surface area contributed by atoms with Gasteiger partial charge in [-0.1, -0.05) is 25.5 Å². The second-order valence-corrected chi connectivity index (χ2v) is 5.70. The van der Waals surface area contributed by atoms with E-state index in [-0.39, 0.29) is 5.56 Å². The largest absolute Gasteiger partial charge is 0.491 e. The van der Waals surface area contributed by atoms with Gasteiger partial charge >= 0.3 is 5.97 Å². The molecule has 0 spiro atoms. The highest BCUT2D eigenvalue weighted by Gasteiger charge is 2.16. The van der Waals surface area contributed by atoms with Gasteiger partial charge in [-0.25, -0.2) is 4.79 Å². The first-order chi connectivity index (χ1) is 10.2. The van der Waals surface area contributed by atoms with Crippen LogP contribution < -0.4 is 4.74 Å². The monoisotopic (exact) mass is 291 g/mol. The molecule has 1 aliphatic rings. The maximum absolute atomic E-state index is 11.1. The van der Waals surface area contributed by atoms with Crippen molar-refractivity contribution < 1.29 is 14.6 Å². The zero-order valence-electron chi connectivity index (χ0n) is 12.8. The standard InChI is InChI=1S/C17H25NO3/c1-2-14-6-5-10-18(11-9-14)12-13-21-16-8-4-3-7-15(16)17(19)20/h3-4,7-8,14H,2,5-6,9-13H2,1H3,(H,19,20). The van der Waals surface area contributed by atoms with Gasteiger partial charge in [-0.2, -0.15) is 0 Å². The first-order valence-electron chi connectivity index (χ1n) is 7.88. The van der Waals surface area contributed by atoms with Crippen LogP contribution in [0.3, 0.4) is 0 Å². The summed E-state index contributed by atoms with van der Waals surface area (Å²) in [6.07, 6.45) is 5.12. The highest BCUT2D eigenvalue weighted by atomic mass is 16.5. The van der Waals surface area contributed by atoms with Crippen molar-refractivity contribution in [3.63, 3.8) is 0 Å². The van der Waals surface area contributed by atoms with Gasteiger partial charge in [0.25, 0.3) is 0 Å². The van der Waals surface area contributed by atoms with Gasteiger partial charge in [0.1, 0.15) is 17.9 Å². The zero-order valence-corrected chi connectivity index (χ0v) is 12.8. The molecule has 21 heavy (non-hydrogen) atoms. The van der Waals surface area contributed by atoms with Crippen molar-refractivity contribution in [1.82, 2.24) is 4.90 Å². The molecule has 1 fully saturated rings. The minimum atomic E-state index is -0.939. The van der Waals surface area contributed by atoms with Gasteiger partial charge in [-0.3, -0.25) is 4.90 Å². The Kier molecular flexibility index (Phi) is 6.05.